The first-order valence-electron chi connectivity index (χ1n) is 8.12. The largest absolute Gasteiger partial charge is 0.467 e. The first-order chi connectivity index (χ1) is 12.7. The van der Waals surface area contributed by atoms with Crippen molar-refractivity contribution >= 4 is 44.7 Å². The number of hydrogen-bond acceptors (Lipinski definition) is 4. The van der Waals surface area contributed by atoms with E-state index >= 15 is 0 Å². The van der Waals surface area contributed by atoms with Gasteiger partial charge in [-0.1, -0.05) is 35.9 Å². The lowest BCUT2D eigenvalue weighted by Gasteiger charge is -2.26. The Morgan fingerprint density at radius 2 is 1.96 bits per heavy atom. The molecule has 0 saturated heterocycles. The number of fused-ring (bicyclic) bond motifs is 1. The average molecular weight is 383 g/mol. The summed E-state index contributed by atoms with van der Waals surface area (Å²) in [4.78, 5) is 19.9. The summed E-state index contributed by atoms with van der Waals surface area (Å²) in [6.45, 7) is 1.91. The van der Waals surface area contributed by atoms with Gasteiger partial charge in [0.25, 0.3) is 5.91 Å². The topological polar surface area (TPSA) is 46.3 Å². The predicted octanol–water partition coefficient (Wildman–Crippen LogP) is 5.95. The summed E-state index contributed by atoms with van der Waals surface area (Å²) in [6, 6.07) is 16.5. The first-order valence-corrected chi connectivity index (χ1v) is 9.31. The Hall–Kier alpha value is -2.63. The summed E-state index contributed by atoms with van der Waals surface area (Å²) < 4.78 is 6.50. The second kappa shape index (κ2) is 6.94. The van der Waals surface area contributed by atoms with E-state index in [-0.39, 0.29) is 11.9 Å². The van der Waals surface area contributed by atoms with Crippen LogP contribution in [0.1, 0.15) is 28.4 Å². The number of anilines is 1. The van der Waals surface area contributed by atoms with E-state index in [2.05, 4.69) is 4.98 Å². The second-order valence-electron chi connectivity index (χ2n) is 5.80. The van der Waals surface area contributed by atoms with Crippen molar-refractivity contribution in [3.63, 3.8) is 0 Å². The quantitative estimate of drug-likeness (QED) is 0.438. The van der Waals surface area contributed by atoms with Gasteiger partial charge in [-0.25, -0.2) is 4.98 Å². The Morgan fingerprint density at radius 1 is 1.15 bits per heavy atom. The molecule has 6 heteroatoms. The minimum atomic E-state index is -0.325. The van der Waals surface area contributed by atoms with Gasteiger partial charge >= 0.3 is 0 Å². The average Bonchev–Trinajstić information content (AvgIpc) is 3.32. The van der Waals surface area contributed by atoms with Crippen LogP contribution in [-0.4, -0.2) is 10.9 Å². The number of carbonyl (C=O) groups is 1. The maximum atomic E-state index is 13.4. The summed E-state index contributed by atoms with van der Waals surface area (Å²) >= 11 is 7.92. The van der Waals surface area contributed by atoms with Gasteiger partial charge in [-0.3, -0.25) is 9.69 Å². The molecule has 4 aromatic rings. The molecule has 0 spiro atoms. The monoisotopic (exact) mass is 382 g/mol. The third kappa shape index (κ3) is 2.89. The van der Waals surface area contributed by atoms with Crippen LogP contribution in [0.15, 0.2) is 71.5 Å². The molecule has 1 aromatic carbocycles. The molecule has 0 bridgehead atoms. The summed E-state index contributed by atoms with van der Waals surface area (Å²) in [5.74, 6) is 1.04. The van der Waals surface area contributed by atoms with Crippen LogP contribution in [0.3, 0.4) is 0 Å². The number of pyridine rings is 1. The predicted molar refractivity (Wildman–Crippen MR) is 105 cm³/mol. The Kier molecular flexibility index (Phi) is 4.49. The van der Waals surface area contributed by atoms with E-state index in [0.717, 1.165) is 10.1 Å². The second-order valence-corrected chi connectivity index (χ2v) is 7.23. The minimum Gasteiger partial charge on any atom is -0.467 e. The molecule has 0 aliphatic carbocycles. The highest BCUT2D eigenvalue weighted by Crippen LogP contribution is 2.38. The van der Waals surface area contributed by atoms with Gasteiger partial charge in [-0.05, 0) is 37.3 Å². The molecule has 0 radical (unpaired) electrons. The van der Waals surface area contributed by atoms with Crippen LogP contribution in [0, 0.1) is 0 Å². The molecule has 4 rings (SSSR count). The lowest BCUT2D eigenvalue weighted by molar-refractivity contribution is 0.0978. The van der Waals surface area contributed by atoms with E-state index in [1.54, 1.807) is 29.5 Å². The van der Waals surface area contributed by atoms with E-state index < -0.39 is 0 Å². The third-order valence-electron chi connectivity index (χ3n) is 4.19. The molecule has 1 amide bonds. The molecule has 1 atom stereocenters. The van der Waals surface area contributed by atoms with E-state index in [1.807, 2.05) is 49.4 Å². The lowest BCUT2D eigenvalue weighted by Crippen LogP contribution is -2.33. The van der Waals surface area contributed by atoms with Crippen LogP contribution < -0.4 is 4.90 Å². The molecule has 4 nitrogen and oxygen atoms in total. The number of nitrogens with zero attached hydrogens (tertiary/aromatic N) is 2. The summed E-state index contributed by atoms with van der Waals surface area (Å²) in [5, 5.41) is 1.36. The van der Waals surface area contributed by atoms with Gasteiger partial charge in [0, 0.05) is 16.3 Å². The Morgan fingerprint density at radius 3 is 2.65 bits per heavy atom. The van der Waals surface area contributed by atoms with Gasteiger partial charge < -0.3 is 4.42 Å². The molecule has 3 aromatic heterocycles. The normalized spacial score (nSPS) is 12.2. The molecule has 130 valence electrons. The highest BCUT2D eigenvalue weighted by Gasteiger charge is 2.30. The first kappa shape index (κ1) is 16.8. The molecule has 0 unspecified atom stereocenters. The fourth-order valence-corrected chi connectivity index (χ4v) is 4.34. The fraction of sp³-hybridized carbons (Fsp3) is 0.100. The maximum Gasteiger partial charge on any atom is 0.271 e. The number of carbonyl (C=O) groups excluding carboxylic acids is 1. The maximum absolute atomic E-state index is 13.4. The van der Waals surface area contributed by atoms with Crippen molar-refractivity contribution in [2.45, 2.75) is 13.0 Å². The van der Waals surface area contributed by atoms with E-state index in [0.29, 0.717) is 21.5 Å². The molecule has 0 N–H and O–H groups in total. The Bertz CT molecular complexity index is 1040. The zero-order valence-electron chi connectivity index (χ0n) is 13.9. The zero-order chi connectivity index (χ0) is 18.1. The Labute approximate surface area is 159 Å². The number of furan rings is 1. The van der Waals surface area contributed by atoms with Crippen LogP contribution in [0.4, 0.5) is 5.82 Å². The molecule has 0 saturated carbocycles. The van der Waals surface area contributed by atoms with Gasteiger partial charge in [0.15, 0.2) is 0 Å². The standard InChI is InChI=1S/C20H15ClN2O2S/c1-13(15-8-6-12-25-15)23(17-10-4-5-11-22-17)20(24)19-18(21)14-7-2-3-9-16(14)26-19/h2-13H,1H3/t13-/m0/s1. The van der Waals surface area contributed by atoms with Crippen LogP contribution in [-0.2, 0) is 0 Å². The molecule has 26 heavy (non-hydrogen) atoms. The van der Waals surface area contributed by atoms with Crippen LogP contribution in [0.5, 0.6) is 0 Å². The van der Waals surface area contributed by atoms with Gasteiger partial charge in [0.05, 0.1) is 17.3 Å². The van der Waals surface area contributed by atoms with Crippen LogP contribution >= 0.6 is 22.9 Å². The number of hydrogen-bond donors (Lipinski definition) is 0. The molecular weight excluding hydrogens is 368 g/mol. The number of benzene rings is 1. The van der Waals surface area contributed by atoms with E-state index in [1.165, 1.54) is 11.3 Å². The lowest BCUT2D eigenvalue weighted by atomic mass is 10.2. The Balaban J connectivity index is 1.82. The van der Waals surface area contributed by atoms with E-state index in [9.17, 15) is 4.79 Å². The SMILES string of the molecule is C[C@@H](c1ccco1)N(C(=O)c1sc2ccccc2c1Cl)c1ccccn1. The fourth-order valence-electron chi connectivity index (χ4n) is 2.89. The number of amides is 1. The summed E-state index contributed by atoms with van der Waals surface area (Å²) in [5.41, 5.74) is 0. The highest BCUT2D eigenvalue weighted by molar-refractivity contribution is 7.21. The van der Waals surface area contributed by atoms with E-state index in [4.69, 9.17) is 16.0 Å². The van der Waals surface area contributed by atoms with Crippen molar-refractivity contribution in [2.24, 2.45) is 0 Å². The van der Waals surface area contributed by atoms with Crippen molar-refractivity contribution in [2.75, 3.05) is 4.90 Å². The van der Waals surface area contributed by atoms with Crippen molar-refractivity contribution in [3.05, 3.63) is 82.7 Å². The van der Waals surface area contributed by atoms with Crippen LogP contribution in [0.2, 0.25) is 5.02 Å². The third-order valence-corrected chi connectivity index (χ3v) is 5.85. The zero-order valence-corrected chi connectivity index (χ0v) is 15.5. The van der Waals surface area contributed by atoms with Crippen molar-refractivity contribution < 1.29 is 9.21 Å². The van der Waals surface area contributed by atoms with Crippen LogP contribution in [0.25, 0.3) is 10.1 Å². The molecule has 0 fully saturated rings. The highest BCUT2D eigenvalue weighted by atomic mass is 35.5. The van der Waals surface area contributed by atoms with Crippen molar-refractivity contribution in [1.82, 2.24) is 4.98 Å². The minimum absolute atomic E-state index is 0.196. The number of rotatable bonds is 4. The van der Waals surface area contributed by atoms with Gasteiger partial charge in [-0.15, -0.1) is 11.3 Å². The van der Waals surface area contributed by atoms with Gasteiger partial charge in [0.1, 0.15) is 16.5 Å². The summed E-state index contributed by atoms with van der Waals surface area (Å²) in [6.07, 6.45) is 3.26. The van der Waals surface area contributed by atoms with Crippen molar-refractivity contribution in [3.8, 4) is 0 Å². The van der Waals surface area contributed by atoms with Gasteiger partial charge in [0.2, 0.25) is 0 Å². The molecule has 0 aliphatic rings. The number of halogens is 1. The molecular formula is C20H15ClN2O2S. The van der Waals surface area contributed by atoms with Crippen molar-refractivity contribution in [1.29, 1.82) is 0 Å². The smallest absolute Gasteiger partial charge is 0.271 e. The summed E-state index contributed by atoms with van der Waals surface area (Å²) in [7, 11) is 0. The molecule has 0 aliphatic heterocycles. The molecule has 3 heterocycles. The number of aromatic nitrogens is 1. The number of thiophene rings is 1. The van der Waals surface area contributed by atoms with Gasteiger partial charge in [-0.2, -0.15) is 0 Å².